The summed E-state index contributed by atoms with van der Waals surface area (Å²) in [6.45, 7) is 6.81. The Morgan fingerprint density at radius 1 is 0.525 bits per heavy atom. The lowest BCUT2D eigenvalue weighted by molar-refractivity contribution is -0.144. The summed E-state index contributed by atoms with van der Waals surface area (Å²) in [6.07, 6.45) is 4.22. The molecule has 6 heterocycles. The van der Waals surface area contributed by atoms with Gasteiger partial charge in [0, 0.05) is 48.4 Å². The fraction of sp³-hybridized carbons (Fsp3) is 0.438. The first-order valence-electron chi connectivity index (χ1n) is 21.7. The molecule has 13 heteroatoms. The number of carboxylic acid groups (broad SMARTS) is 3. The molecule has 3 saturated heterocycles. The Balaban J connectivity index is 1.04. The number of hydrogen-bond donors (Lipinski definition) is 6. The van der Waals surface area contributed by atoms with Gasteiger partial charge in [-0.2, -0.15) is 0 Å². The van der Waals surface area contributed by atoms with Gasteiger partial charge in [0.25, 0.3) is 0 Å². The predicted octanol–water partition coefficient (Wildman–Crippen LogP) is 8.09. The number of thiophene rings is 3. The van der Waals surface area contributed by atoms with Crippen molar-refractivity contribution < 1.29 is 29.7 Å². The summed E-state index contributed by atoms with van der Waals surface area (Å²) in [4.78, 5) is 43.1. The number of nitrogens with one attached hydrogen (secondary N) is 3. The highest BCUT2D eigenvalue weighted by atomic mass is 32.1. The Hall–Kier alpha value is -4.21. The van der Waals surface area contributed by atoms with E-state index in [1.165, 1.54) is 16.7 Å². The lowest BCUT2D eigenvalue weighted by atomic mass is 9.88. The van der Waals surface area contributed by atoms with Crippen LogP contribution < -0.4 is 16.0 Å². The Morgan fingerprint density at radius 3 is 1.10 bits per heavy atom. The molecule has 3 aliphatic rings. The Labute approximate surface area is 368 Å². The first-order valence-corrected chi connectivity index (χ1v) is 24.2. The van der Waals surface area contributed by atoms with Crippen molar-refractivity contribution in [2.45, 2.75) is 58.2 Å². The largest absolute Gasteiger partial charge is 0.481 e. The van der Waals surface area contributed by atoms with Gasteiger partial charge >= 0.3 is 17.9 Å². The molecule has 0 amide bonds. The maximum atomic E-state index is 12.5. The summed E-state index contributed by atoms with van der Waals surface area (Å²) in [5.74, 6) is -3.05. The molecule has 3 aromatic carbocycles. The number of carboxylic acids is 3. The molecule has 3 fully saturated rings. The molecule has 0 bridgehead atoms. The SMILES string of the molecule is O=C(O)[C@@H](Cc1cc2c(CN(Cc3cccc4sc(C[C@H](C(=O)O)[C@H]5CCNC5)cc34)Cc3cccc4sc(C[C@H](C(=O)O)[C@H]5CCNC5)cc34)cccc2s1)[C@H]1CCNC1. The maximum absolute atomic E-state index is 12.5. The van der Waals surface area contributed by atoms with Crippen LogP contribution in [-0.2, 0) is 53.3 Å². The third-order valence-electron chi connectivity index (χ3n) is 13.5. The lowest BCUT2D eigenvalue weighted by Gasteiger charge is -2.24. The molecule has 0 aliphatic carbocycles. The van der Waals surface area contributed by atoms with Gasteiger partial charge in [0.2, 0.25) is 0 Å². The number of hydrogen-bond acceptors (Lipinski definition) is 10. The van der Waals surface area contributed by atoms with Crippen molar-refractivity contribution in [3.8, 4) is 0 Å². The van der Waals surface area contributed by atoms with E-state index in [2.05, 4.69) is 93.6 Å². The minimum Gasteiger partial charge on any atom is -0.481 e. The second-order valence-corrected chi connectivity index (χ2v) is 21.0. The van der Waals surface area contributed by atoms with E-state index in [1.807, 2.05) is 0 Å². The van der Waals surface area contributed by atoms with Crippen molar-refractivity contribution in [1.29, 1.82) is 0 Å². The highest BCUT2D eigenvalue weighted by molar-refractivity contribution is 7.19. The molecule has 6 N–H and O–H groups in total. The molecule has 320 valence electrons. The fourth-order valence-electron chi connectivity index (χ4n) is 10.2. The number of rotatable bonds is 18. The second-order valence-electron chi connectivity index (χ2n) is 17.5. The van der Waals surface area contributed by atoms with Crippen molar-refractivity contribution in [3.05, 3.63) is 104 Å². The zero-order valence-corrected chi connectivity index (χ0v) is 36.7. The number of fused-ring (bicyclic) bond motifs is 3. The van der Waals surface area contributed by atoms with Crippen LogP contribution in [0.15, 0.2) is 72.8 Å². The highest BCUT2D eigenvalue weighted by Crippen LogP contribution is 2.38. The minimum atomic E-state index is -0.725. The zero-order chi connectivity index (χ0) is 42.0. The van der Waals surface area contributed by atoms with Crippen molar-refractivity contribution in [2.24, 2.45) is 35.5 Å². The molecule has 61 heavy (non-hydrogen) atoms. The van der Waals surface area contributed by atoms with Gasteiger partial charge in [-0.05, 0) is 165 Å². The van der Waals surface area contributed by atoms with Gasteiger partial charge in [-0.25, -0.2) is 0 Å². The van der Waals surface area contributed by atoms with E-state index >= 15 is 0 Å². The maximum Gasteiger partial charge on any atom is 0.307 e. The Morgan fingerprint density at radius 2 is 0.836 bits per heavy atom. The molecule has 0 spiro atoms. The van der Waals surface area contributed by atoms with Gasteiger partial charge in [0.1, 0.15) is 0 Å². The van der Waals surface area contributed by atoms with Crippen LogP contribution in [0.4, 0.5) is 0 Å². The van der Waals surface area contributed by atoms with Gasteiger partial charge in [-0.15, -0.1) is 34.0 Å². The zero-order valence-electron chi connectivity index (χ0n) is 34.2. The first kappa shape index (κ1) is 42.1. The van der Waals surface area contributed by atoms with Gasteiger partial charge < -0.3 is 31.3 Å². The molecular weight excluding hydrogens is 825 g/mol. The Kier molecular flexibility index (Phi) is 12.9. The molecule has 0 radical (unpaired) electrons. The van der Waals surface area contributed by atoms with Crippen molar-refractivity contribution in [2.75, 3.05) is 39.3 Å². The number of carbonyl (C=O) groups is 3. The summed E-state index contributed by atoms with van der Waals surface area (Å²) in [5, 5.41) is 44.2. The van der Waals surface area contributed by atoms with Crippen LogP contribution in [0.2, 0.25) is 0 Å². The van der Waals surface area contributed by atoms with Crippen molar-refractivity contribution in [1.82, 2.24) is 20.9 Å². The second kappa shape index (κ2) is 18.6. The smallest absolute Gasteiger partial charge is 0.307 e. The van der Waals surface area contributed by atoms with Gasteiger partial charge in [-0.3, -0.25) is 19.3 Å². The number of benzene rings is 3. The van der Waals surface area contributed by atoms with E-state index in [1.54, 1.807) is 34.0 Å². The summed E-state index contributed by atoms with van der Waals surface area (Å²) in [6, 6.07) is 26.0. The van der Waals surface area contributed by atoms with Crippen LogP contribution in [0.3, 0.4) is 0 Å². The topological polar surface area (TPSA) is 151 Å². The first-order chi connectivity index (χ1) is 29.7. The number of aliphatic carboxylic acids is 3. The lowest BCUT2D eigenvalue weighted by Crippen LogP contribution is -2.27. The van der Waals surface area contributed by atoms with Crippen LogP contribution in [0.1, 0.15) is 50.6 Å². The van der Waals surface area contributed by atoms with Crippen molar-refractivity contribution in [3.63, 3.8) is 0 Å². The number of nitrogens with zero attached hydrogens (tertiary/aromatic N) is 1. The molecule has 6 aromatic rings. The third-order valence-corrected chi connectivity index (χ3v) is 16.9. The average Bonchev–Trinajstić information content (AvgIpc) is 4.08. The van der Waals surface area contributed by atoms with Gasteiger partial charge in [0.15, 0.2) is 0 Å². The van der Waals surface area contributed by atoms with E-state index in [9.17, 15) is 29.7 Å². The molecule has 0 unspecified atom stereocenters. The summed E-state index contributed by atoms with van der Waals surface area (Å²) in [5.41, 5.74) is 3.57. The molecule has 10 nitrogen and oxygen atoms in total. The van der Waals surface area contributed by atoms with E-state index in [-0.39, 0.29) is 17.8 Å². The summed E-state index contributed by atoms with van der Waals surface area (Å²) in [7, 11) is 0. The highest BCUT2D eigenvalue weighted by Gasteiger charge is 2.34. The molecule has 6 atom stereocenters. The predicted molar refractivity (Wildman–Crippen MR) is 246 cm³/mol. The molecular formula is C48H54N4O6S3. The average molecular weight is 879 g/mol. The Bertz CT molecular complexity index is 2250. The quantitative estimate of drug-likeness (QED) is 0.0500. The standard InChI is InChI=1S/C48H54N4O6S3/c53-46(54)40(28-10-13-49-22-28)19-34-16-37-31(4-1-7-43(37)59-34)25-52(26-32-5-2-8-44-38(32)17-35(60-44)20-41(47(55)56)29-11-14-50-23-29)27-33-6-3-9-45-39(33)18-36(61-45)21-42(48(57)58)30-12-15-51-24-30/h1-9,16-18,28-30,40-42,49-51H,10-15,19-27H2,(H,53,54)(H,55,56)(H,57,58)/t28-,29-,30-,40-,41-,42-/m0/s1. The van der Waals surface area contributed by atoms with Gasteiger partial charge in [-0.1, -0.05) is 36.4 Å². The summed E-state index contributed by atoms with van der Waals surface area (Å²) < 4.78 is 3.48. The van der Waals surface area contributed by atoms with E-state index < -0.39 is 35.7 Å². The minimum absolute atomic E-state index is 0.128. The van der Waals surface area contributed by atoms with E-state index in [0.29, 0.717) is 38.9 Å². The van der Waals surface area contributed by atoms with Gasteiger partial charge in [0.05, 0.1) is 17.8 Å². The van der Waals surface area contributed by atoms with Crippen molar-refractivity contribution >= 4 is 82.2 Å². The van der Waals surface area contributed by atoms with E-state index in [4.69, 9.17) is 0 Å². The molecule has 3 aromatic heterocycles. The third kappa shape index (κ3) is 9.44. The van der Waals surface area contributed by atoms with Crippen LogP contribution in [0, 0.1) is 35.5 Å². The monoisotopic (exact) mass is 878 g/mol. The molecule has 3 aliphatic heterocycles. The van der Waals surface area contributed by atoms with Crippen LogP contribution in [-0.4, -0.2) is 77.4 Å². The van der Waals surface area contributed by atoms with Crippen LogP contribution in [0.25, 0.3) is 30.3 Å². The fourth-order valence-corrected chi connectivity index (χ4v) is 13.7. The summed E-state index contributed by atoms with van der Waals surface area (Å²) >= 11 is 5.10. The van der Waals surface area contributed by atoms with Crippen LogP contribution in [0.5, 0.6) is 0 Å². The molecule has 0 saturated carbocycles. The van der Waals surface area contributed by atoms with E-state index in [0.717, 1.165) is 103 Å². The van der Waals surface area contributed by atoms with Crippen LogP contribution >= 0.6 is 34.0 Å². The normalized spacial score (nSPS) is 20.9. The molecule has 9 rings (SSSR count).